The average molecular weight is 388 g/mol. The van der Waals surface area contributed by atoms with Gasteiger partial charge in [-0.2, -0.15) is 0 Å². The zero-order chi connectivity index (χ0) is 20.6. The smallest absolute Gasteiger partial charge is 0.307 e. The summed E-state index contributed by atoms with van der Waals surface area (Å²) in [4.78, 5) is 24.1. The first-order chi connectivity index (χ1) is 13.1. The van der Waals surface area contributed by atoms with Crippen LogP contribution in [0.25, 0.3) is 5.57 Å². The predicted octanol–water partition coefficient (Wildman–Crippen LogP) is 2.68. The maximum Gasteiger partial charge on any atom is 0.307 e. The molecule has 3 unspecified atom stereocenters. The first-order valence-electron chi connectivity index (χ1n) is 9.00. The molecule has 10 heteroatoms. The van der Waals surface area contributed by atoms with Crippen LogP contribution < -0.4 is 4.90 Å². The van der Waals surface area contributed by atoms with Crippen molar-refractivity contribution < 1.29 is 19.4 Å². The second-order valence-electron chi connectivity index (χ2n) is 8.18. The summed E-state index contributed by atoms with van der Waals surface area (Å²) >= 11 is 0. The van der Waals surface area contributed by atoms with Crippen LogP contribution in [0.3, 0.4) is 0 Å². The van der Waals surface area contributed by atoms with Gasteiger partial charge < -0.3 is 5.21 Å². The lowest BCUT2D eigenvalue weighted by Gasteiger charge is -2.46. The minimum atomic E-state index is -1.88. The van der Waals surface area contributed by atoms with E-state index >= 15 is 0 Å². The molecule has 3 aliphatic carbocycles. The molecule has 0 N–H and O–H groups in total. The van der Waals surface area contributed by atoms with Crippen molar-refractivity contribution in [3.63, 3.8) is 0 Å². The molecule has 0 amide bonds. The van der Waals surface area contributed by atoms with Crippen molar-refractivity contribution in [2.75, 3.05) is 0 Å². The molecule has 1 heterocycles. The van der Waals surface area contributed by atoms with Gasteiger partial charge in [-0.3, -0.25) is 24.9 Å². The van der Waals surface area contributed by atoms with Gasteiger partial charge in [0, 0.05) is 27.8 Å². The summed E-state index contributed by atoms with van der Waals surface area (Å²) in [6.07, 6.45) is 1.74. The Hall–Kier alpha value is -3.04. The first kappa shape index (κ1) is 18.3. The molecule has 148 valence electrons. The molecular weight excluding hydrogens is 368 g/mol. The van der Waals surface area contributed by atoms with Crippen LogP contribution in [0.15, 0.2) is 33.0 Å². The lowest BCUT2D eigenvalue weighted by atomic mass is 9.53. The van der Waals surface area contributed by atoms with E-state index in [1.54, 1.807) is 26.8 Å². The van der Waals surface area contributed by atoms with E-state index in [-0.39, 0.29) is 41.1 Å². The molecule has 28 heavy (non-hydrogen) atoms. The van der Waals surface area contributed by atoms with Crippen molar-refractivity contribution >= 4 is 5.57 Å². The standard InChI is InChI=1S/C18H20N4O6/c1-9-5-13-15-16(19-28-20(15)23)18(22(26)27)8-12(4)10(2)6-14(18)17(13,21(24)25)7-11(9)3/h5,14H,6-8H2,1-4H3. The zero-order valence-corrected chi connectivity index (χ0v) is 16.0. The fourth-order valence-corrected chi connectivity index (χ4v) is 5.15. The molecule has 0 saturated heterocycles. The SMILES string of the molecule is CC1=C(C)CC2([N+](=O)[O-])C(=C1)c1c(no[n+]1[O-])C1([N+](=O)[O-])CC(C)=C(C)CC21. The fraction of sp³-hybridized carbons (Fsp3) is 0.556. The van der Waals surface area contributed by atoms with E-state index in [2.05, 4.69) is 5.16 Å². The highest BCUT2D eigenvalue weighted by Gasteiger charge is 2.77. The second-order valence-corrected chi connectivity index (χ2v) is 8.18. The lowest BCUT2D eigenvalue weighted by molar-refractivity contribution is -0.805. The van der Waals surface area contributed by atoms with Crippen LogP contribution in [-0.4, -0.2) is 20.5 Å². The highest BCUT2D eigenvalue weighted by Crippen LogP contribution is 2.61. The topological polar surface area (TPSA) is 139 Å². The predicted molar refractivity (Wildman–Crippen MR) is 95.9 cm³/mol. The van der Waals surface area contributed by atoms with Crippen LogP contribution in [0.5, 0.6) is 0 Å². The second kappa shape index (κ2) is 5.49. The fourth-order valence-electron chi connectivity index (χ4n) is 5.15. The van der Waals surface area contributed by atoms with Crippen molar-refractivity contribution in [2.24, 2.45) is 5.92 Å². The van der Waals surface area contributed by atoms with Gasteiger partial charge in [0.15, 0.2) is 0 Å². The number of rotatable bonds is 2. The number of allylic oxidation sites excluding steroid dienone is 3. The van der Waals surface area contributed by atoms with Gasteiger partial charge in [0.25, 0.3) is 5.54 Å². The van der Waals surface area contributed by atoms with Crippen LogP contribution in [0, 0.1) is 31.4 Å². The number of hydrogen-bond acceptors (Lipinski definition) is 7. The van der Waals surface area contributed by atoms with E-state index in [1.165, 1.54) is 0 Å². The zero-order valence-electron chi connectivity index (χ0n) is 16.0. The molecule has 3 atom stereocenters. The van der Waals surface area contributed by atoms with E-state index in [0.717, 1.165) is 22.3 Å². The van der Waals surface area contributed by atoms with Gasteiger partial charge in [0.2, 0.25) is 5.69 Å². The summed E-state index contributed by atoms with van der Waals surface area (Å²) in [7, 11) is 0. The lowest BCUT2D eigenvalue weighted by Crippen LogP contribution is -2.64. The molecule has 0 aliphatic heterocycles. The third kappa shape index (κ3) is 1.92. The molecule has 0 fully saturated rings. The van der Waals surface area contributed by atoms with Gasteiger partial charge in [0.05, 0.1) is 5.57 Å². The van der Waals surface area contributed by atoms with Crippen molar-refractivity contribution in [2.45, 2.75) is 58.0 Å². The Morgan fingerprint density at radius 3 is 2.29 bits per heavy atom. The summed E-state index contributed by atoms with van der Waals surface area (Å²) in [5.41, 5.74) is -0.562. The van der Waals surface area contributed by atoms with E-state index in [4.69, 9.17) is 4.63 Å². The van der Waals surface area contributed by atoms with E-state index < -0.39 is 26.8 Å². The van der Waals surface area contributed by atoms with Crippen molar-refractivity contribution in [3.05, 3.63) is 65.2 Å². The van der Waals surface area contributed by atoms with Crippen molar-refractivity contribution in [1.82, 2.24) is 5.16 Å². The quantitative estimate of drug-likeness (QED) is 0.328. The Balaban J connectivity index is 2.17. The van der Waals surface area contributed by atoms with Gasteiger partial charge >= 0.3 is 11.2 Å². The molecule has 0 bridgehead atoms. The molecule has 4 rings (SSSR count). The monoisotopic (exact) mass is 388 g/mol. The number of nitrogens with zero attached hydrogens (tertiary/aromatic N) is 4. The highest BCUT2D eigenvalue weighted by atomic mass is 16.8. The van der Waals surface area contributed by atoms with E-state index in [9.17, 15) is 25.4 Å². The van der Waals surface area contributed by atoms with Gasteiger partial charge in [-0.1, -0.05) is 22.3 Å². The first-order valence-corrected chi connectivity index (χ1v) is 9.00. The third-order valence-electron chi connectivity index (χ3n) is 6.89. The van der Waals surface area contributed by atoms with Crippen LogP contribution in [0.1, 0.15) is 58.3 Å². The average Bonchev–Trinajstić information content (AvgIpc) is 3.00. The minimum absolute atomic E-state index is 0.00880. The number of fused-ring (bicyclic) bond motifs is 6. The Labute approximate surface area is 160 Å². The van der Waals surface area contributed by atoms with Crippen LogP contribution in [0.4, 0.5) is 0 Å². The maximum atomic E-state index is 12.6. The molecule has 0 radical (unpaired) electrons. The number of hydrogen-bond donors (Lipinski definition) is 0. The summed E-state index contributed by atoms with van der Waals surface area (Å²) < 4.78 is 4.75. The minimum Gasteiger partial charge on any atom is -0.359 e. The maximum absolute atomic E-state index is 12.6. The van der Waals surface area contributed by atoms with Gasteiger partial charge in [0.1, 0.15) is 5.92 Å². The molecule has 10 nitrogen and oxygen atoms in total. The summed E-state index contributed by atoms with van der Waals surface area (Å²) in [5.74, 6) is -0.986. The van der Waals surface area contributed by atoms with Crippen LogP contribution in [0.2, 0.25) is 0 Å². The Kier molecular flexibility index (Phi) is 3.59. The van der Waals surface area contributed by atoms with Crippen molar-refractivity contribution in [1.29, 1.82) is 0 Å². The Bertz CT molecular complexity index is 1030. The molecule has 1 aromatic heterocycles. The van der Waals surface area contributed by atoms with Gasteiger partial charge in [-0.05, 0) is 45.1 Å². The van der Waals surface area contributed by atoms with E-state index in [0.29, 0.717) is 0 Å². The molecule has 1 aromatic rings. The molecule has 3 aliphatic rings. The molecule has 0 aromatic carbocycles. The Morgan fingerprint density at radius 1 is 1.07 bits per heavy atom. The van der Waals surface area contributed by atoms with Gasteiger partial charge in [-0.15, -0.1) is 0 Å². The third-order valence-corrected chi connectivity index (χ3v) is 6.89. The van der Waals surface area contributed by atoms with Gasteiger partial charge in [-0.25, -0.2) is 0 Å². The number of aromatic nitrogens is 2. The molecule has 0 spiro atoms. The largest absolute Gasteiger partial charge is 0.359 e. The van der Waals surface area contributed by atoms with Crippen molar-refractivity contribution in [3.8, 4) is 0 Å². The van der Waals surface area contributed by atoms with E-state index in [1.807, 2.05) is 6.92 Å². The molecule has 0 saturated carbocycles. The number of nitro groups is 2. The Morgan fingerprint density at radius 2 is 1.68 bits per heavy atom. The molecular formula is C18H20N4O6. The van der Waals surface area contributed by atoms with Crippen LogP contribution in [-0.2, 0) is 5.54 Å². The summed E-state index contributed by atoms with van der Waals surface area (Å²) in [6, 6.07) is 0. The summed E-state index contributed by atoms with van der Waals surface area (Å²) in [6.45, 7) is 7.22. The van der Waals surface area contributed by atoms with Crippen LogP contribution >= 0.6 is 0 Å². The summed E-state index contributed by atoms with van der Waals surface area (Å²) in [5, 5.41) is 41.2. The normalized spacial score (nSPS) is 31.7. The highest BCUT2D eigenvalue weighted by molar-refractivity contribution is 5.77.